The van der Waals surface area contributed by atoms with Crippen LogP contribution in [-0.2, 0) is 4.79 Å². The maximum absolute atomic E-state index is 11.5. The van der Waals surface area contributed by atoms with E-state index in [1.807, 2.05) is 0 Å². The zero-order valence-corrected chi connectivity index (χ0v) is 10.5. The number of aliphatic hydroxyl groups is 2. The summed E-state index contributed by atoms with van der Waals surface area (Å²) in [5.41, 5.74) is 0.581. The number of hydrogen-bond donors (Lipinski definition) is 3. The second kappa shape index (κ2) is 6.93. The van der Waals surface area contributed by atoms with Crippen molar-refractivity contribution in [3.05, 3.63) is 18.3 Å². The van der Waals surface area contributed by atoms with E-state index in [2.05, 4.69) is 10.3 Å². The lowest BCUT2D eigenvalue weighted by molar-refractivity contribution is -0.118. The highest BCUT2D eigenvalue weighted by molar-refractivity contribution is 5.92. The minimum atomic E-state index is -0.944. The topological polar surface area (TPSA) is 91.7 Å². The molecule has 0 saturated carbocycles. The molecule has 0 aromatic carbocycles. The maximum Gasteiger partial charge on any atom is 0.226 e. The zero-order chi connectivity index (χ0) is 13.5. The van der Waals surface area contributed by atoms with E-state index in [0.717, 1.165) is 0 Å². The fourth-order valence-corrected chi connectivity index (χ4v) is 1.09. The van der Waals surface area contributed by atoms with Crippen molar-refractivity contribution in [2.75, 3.05) is 18.5 Å². The fraction of sp³-hybridized carbons (Fsp3) is 0.500. The number of aliphatic hydroxyl groups excluding tert-OH is 2. The Balaban J connectivity index is 2.59. The predicted octanol–water partition coefficient (Wildman–Crippen LogP) is 0.408. The quantitative estimate of drug-likeness (QED) is 0.684. The molecule has 100 valence electrons. The van der Waals surface area contributed by atoms with Crippen LogP contribution in [-0.4, -0.2) is 40.4 Å². The van der Waals surface area contributed by atoms with Crippen molar-refractivity contribution in [2.45, 2.75) is 20.0 Å². The molecule has 0 aliphatic rings. The first-order valence-electron chi connectivity index (χ1n) is 5.71. The summed E-state index contributed by atoms with van der Waals surface area (Å²) >= 11 is 0. The summed E-state index contributed by atoms with van der Waals surface area (Å²) in [6.45, 7) is 3.17. The molecular weight excluding hydrogens is 236 g/mol. The number of carbonyl (C=O) groups excluding carboxylic acids is 1. The molecule has 0 saturated heterocycles. The van der Waals surface area contributed by atoms with E-state index in [4.69, 9.17) is 14.9 Å². The molecule has 1 atom stereocenters. The second-order valence-corrected chi connectivity index (χ2v) is 4.17. The van der Waals surface area contributed by atoms with Crippen molar-refractivity contribution in [3.63, 3.8) is 0 Å². The lowest BCUT2D eigenvalue weighted by atomic mass is 10.2. The van der Waals surface area contributed by atoms with Crippen LogP contribution < -0.4 is 10.1 Å². The third-order valence-corrected chi connectivity index (χ3v) is 2.16. The van der Waals surface area contributed by atoms with Gasteiger partial charge in [0.05, 0.1) is 6.61 Å². The van der Waals surface area contributed by atoms with Crippen molar-refractivity contribution in [2.24, 2.45) is 5.92 Å². The normalized spacial score (nSPS) is 12.3. The van der Waals surface area contributed by atoms with Crippen LogP contribution in [0.2, 0.25) is 0 Å². The van der Waals surface area contributed by atoms with Crippen LogP contribution in [0.4, 0.5) is 5.69 Å². The lowest BCUT2D eigenvalue weighted by Gasteiger charge is -2.11. The van der Waals surface area contributed by atoms with Crippen LogP contribution >= 0.6 is 0 Å². The van der Waals surface area contributed by atoms with Gasteiger partial charge in [-0.2, -0.15) is 0 Å². The number of aromatic nitrogens is 1. The molecule has 3 N–H and O–H groups in total. The lowest BCUT2D eigenvalue weighted by Crippen LogP contribution is -2.21. The summed E-state index contributed by atoms with van der Waals surface area (Å²) in [6, 6.07) is 3.21. The van der Waals surface area contributed by atoms with Gasteiger partial charge in [-0.15, -0.1) is 0 Å². The number of amides is 1. The minimum absolute atomic E-state index is 0.0505. The van der Waals surface area contributed by atoms with Crippen LogP contribution in [0.25, 0.3) is 0 Å². The van der Waals surface area contributed by atoms with E-state index in [-0.39, 0.29) is 30.9 Å². The predicted molar refractivity (Wildman–Crippen MR) is 66.3 cm³/mol. The van der Waals surface area contributed by atoms with Gasteiger partial charge in [0.1, 0.15) is 12.7 Å². The number of ether oxygens (including phenoxy) is 1. The summed E-state index contributed by atoms with van der Waals surface area (Å²) in [5.74, 6) is 0.0744. The number of rotatable bonds is 6. The minimum Gasteiger partial charge on any atom is -0.475 e. The van der Waals surface area contributed by atoms with E-state index in [0.29, 0.717) is 5.69 Å². The summed E-state index contributed by atoms with van der Waals surface area (Å²) in [6.07, 6.45) is 0.553. The molecule has 0 bridgehead atoms. The van der Waals surface area contributed by atoms with E-state index in [1.54, 1.807) is 26.0 Å². The van der Waals surface area contributed by atoms with Gasteiger partial charge in [0.15, 0.2) is 0 Å². The van der Waals surface area contributed by atoms with Crippen molar-refractivity contribution < 1.29 is 19.7 Å². The largest absolute Gasteiger partial charge is 0.475 e. The van der Waals surface area contributed by atoms with Crippen LogP contribution in [0.15, 0.2) is 18.3 Å². The first-order valence-corrected chi connectivity index (χ1v) is 5.71. The third-order valence-electron chi connectivity index (χ3n) is 2.16. The molecule has 6 nitrogen and oxygen atoms in total. The number of carbonyl (C=O) groups is 1. The fourth-order valence-electron chi connectivity index (χ4n) is 1.09. The molecule has 0 aliphatic carbocycles. The van der Waals surface area contributed by atoms with Gasteiger partial charge < -0.3 is 20.3 Å². The zero-order valence-electron chi connectivity index (χ0n) is 10.5. The first kappa shape index (κ1) is 14.4. The molecular formula is C12H18N2O4. The average Bonchev–Trinajstić information content (AvgIpc) is 2.36. The van der Waals surface area contributed by atoms with Crippen molar-refractivity contribution in [1.82, 2.24) is 4.98 Å². The summed E-state index contributed by atoms with van der Waals surface area (Å²) < 4.78 is 5.17. The van der Waals surface area contributed by atoms with Crippen molar-refractivity contribution in [1.29, 1.82) is 0 Å². The van der Waals surface area contributed by atoms with Gasteiger partial charge in [0, 0.05) is 23.9 Å². The van der Waals surface area contributed by atoms with Gasteiger partial charge in [0.25, 0.3) is 0 Å². The number of anilines is 1. The van der Waals surface area contributed by atoms with E-state index in [9.17, 15) is 4.79 Å². The Morgan fingerprint density at radius 3 is 2.89 bits per heavy atom. The highest BCUT2D eigenvalue weighted by Gasteiger charge is 2.08. The molecule has 1 heterocycles. The number of hydrogen-bond acceptors (Lipinski definition) is 5. The van der Waals surface area contributed by atoms with Gasteiger partial charge in [-0.25, -0.2) is 4.98 Å². The monoisotopic (exact) mass is 254 g/mol. The molecule has 1 amide bonds. The SMILES string of the molecule is CC(C)C(=O)Nc1ccnc(OC[C@H](O)CO)c1. The molecule has 0 spiro atoms. The molecule has 6 heteroatoms. The third kappa shape index (κ3) is 4.68. The average molecular weight is 254 g/mol. The van der Waals surface area contributed by atoms with Crippen LogP contribution in [0.5, 0.6) is 5.88 Å². The Hall–Kier alpha value is -1.66. The molecule has 0 radical (unpaired) electrons. The number of nitrogens with zero attached hydrogens (tertiary/aromatic N) is 1. The Morgan fingerprint density at radius 1 is 1.56 bits per heavy atom. The molecule has 1 rings (SSSR count). The Kier molecular flexibility index (Phi) is 5.54. The molecule has 0 aliphatic heterocycles. The molecule has 1 aromatic rings. The van der Waals surface area contributed by atoms with Crippen LogP contribution in [0.1, 0.15) is 13.8 Å². The van der Waals surface area contributed by atoms with Crippen LogP contribution in [0, 0.1) is 5.92 Å². The number of pyridine rings is 1. The first-order chi connectivity index (χ1) is 8.52. The smallest absolute Gasteiger partial charge is 0.226 e. The Bertz CT molecular complexity index is 395. The van der Waals surface area contributed by atoms with Crippen molar-refractivity contribution >= 4 is 11.6 Å². The summed E-state index contributed by atoms with van der Waals surface area (Å²) in [4.78, 5) is 15.4. The Labute approximate surface area is 106 Å². The van der Waals surface area contributed by atoms with E-state index < -0.39 is 6.10 Å². The van der Waals surface area contributed by atoms with Gasteiger partial charge >= 0.3 is 0 Å². The van der Waals surface area contributed by atoms with Crippen LogP contribution in [0.3, 0.4) is 0 Å². The number of nitrogens with one attached hydrogen (secondary N) is 1. The standard InChI is InChI=1S/C12H18N2O4/c1-8(2)12(17)14-9-3-4-13-11(5-9)18-7-10(16)6-15/h3-5,8,10,15-16H,6-7H2,1-2H3,(H,13,14,17)/t10-/m1/s1. The van der Waals surface area contributed by atoms with Gasteiger partial charge in [-0.3, -0.25) is 4.79 Å². The highest BCUT2D eigenvalue weighted by Crippen LogP contribution is 2.15. The maximum atomic E-state index is 11.5. The molecule has 0 unspecified atom stereocenters. The molecule has 18 heavy (non-hydrogen) atoms. The Morgan fingerprint density at radius 2 is 2.28 bits per heavy atom. The van der Waals surface area contributed by atoms with E-state index in [1.165, 1.54) is 6.20 Å². The molecule has 1 aromatic heterocycles. The highest BCUT2D eigenvalue weighted by atomic mass is 16.5. The van der Waals surface area contributed by atoms with Gasteiger partial charge in [-0.1, -0.05) is 13.8 Å². The summed E-state index contributed by atoms with van der Waals surface area (Å²) in [7, 11) is 0. The van der Waals surface area contributed by atoms with Gasteiger partial charge in [0.2, 0.25) is 11.8 Å². The molecule has 0 fully saturated rings. The second-order valence-electron chi connectivity index (χ2n) is 4.17. The van der Waals surface area contributed by atoms with Crippen molar-refractivity contribution in [3.8, 4) is 5.88 Å². The summed E-state index contributed by atoms with van der Waals surface area (Å²) in [5, 5.41) is 20.5. The van der Waals surface area contributed by atoms with E-state index >= 15 is 0 Å². The van der Waals surface area contributed by atoms with Gasteiger partial charge in [-0.05, 0) is 6.07 Å².